The molecule has 0 unspecified atom stereocenters. The standard InChI is InChI=1S/C26H26N6OS2/c1-3-29-19-10-9-18(14-27)13-20(19)30-26-32(16-17-7-5-4-6-8-17)24(33)23(35-26)25-31(2)21-11-12-28-15-22(21)34-25/h4-10,13,28-29H,3,11-12,15-16H2,1-2H3/b25-23-,30-26?. The molecular weight excluding hydrogens is 476 g/mol. The molecule has 1 saturated heterocycles. The molecule has 0 saturated carbocycles. The molecule has 35 heavy (non-hydrogen) atoms. The van der Waals surface area contributed by atoms with E-state index in [1.807, 2.05) is 50.4 Å². The van der Waals surface area contributed by atoms with Crippen LogP contribution in [0.25, 0.3) is 0 Å². The van der Waals surface area contributed by atoms with Gasteiger partial charge in [0.15, 0.2) is 5.17 Å². The third-order valence-corrected chi connectivity index (χ3v) is 8.52. The Morgan fingerprint density at radius 3 is 2.77 bits per heavy atom. The van der Waals surface area contributed by atoms with Crippen LogP contribution in [-0.4, -0.2) is 47.6 Å². The Morgan fingerprint density at radius 2 is 2.03 bits per heavy atom. The zero-order valence-corrected chi connectivity index (χ0v) is 21.3. The monoisotopic (exact) mass is 502 g/mol. The largest absolute Gasteiger partial charge is 0.384 e. The highest BCUT2D eigenvalue weighted by molar-refractivity contribution is 8.19. The van der Waals surface area contributed by atoms with Crippen LogP contribution in [0.2, 0.25) is 0 Å². The number of anilines is 1. The highest BCUT2D eigenvalue weighted by atomic mass is 32.2. The van der Waals surface area contributed by atoms with Gasteiger partial charge in [0, 0.05) is 43.7 Å². The lowest BCUT2D eigenvalue weighted by Crippen LogP contribution is -2.29. The first-order chi connectivity index (χ1) is 17.1. The van der Waals surface area contributed by atoms with Crippen molar-refractivity contribution in [3.63, 3.8) is 0 Å². The van der Waals surface area contributed by atoms with E-state index in [0.717, 1.165) is 42.3 Å². The lowest BCUT2D eigenvalue weighted by atomic mass is 10.2. The number of nitrogens with zero attached hydrogens (tertiary/aromatic N) is 4. The van der Waals surface area contributed by atoms with Crippen molar-refractivity contribution < 1.29 is 4.79 Å². The second-order valence-electron chi connectivity index (χ2n) is 8.34. The maximum atomic E-state index is 13.8. The first kappa shape index (κ1) is 23.5. The predicted octanol–water partition coefficient (Wildman–Crippen LogP) is 4.81. The molecule has 9 heteroatoms. The molecule has 178 valence electrons. The Hall–Kier alpha value is -3.19. The fraction of sp³-hybridized carbons (Fsp3) is 0.269. The first-order valence-electron chi connectivity index (χ1n) is 11.6. The van der Waals surface area contributed by atoms with Gasteiger partial charge < -0.3 is 15.5 Å². The van der Waals surface area contributed by atoms with Gasteiger partial charge in [-0.2, -0.15) is 5.26 Å². The maximum absolute atomic E-state index is 13.8. The van der Waals surface area contributed by atoms with Crippen molar-refractivity contribution in [2.45, 2.75) is 19.9 Å². The molecule has 1 amide bonds. The van der Waals surface area contributed by atoms with Crippen LogP contribution in [0.5, 0.6) is 0 Å². The zero-order valence-electron chi connectivity index (χ0n) is 19.7. The summed E-state index contributed by atoms with van der Waals surface area (Å²) in [5, 5.41) is 17.8. The molecule has 2 aromatic carbocycles. The number of nitrogens with one attached hydrogen (secondary N) is 2. The Labute approximate surface area is 214 Å². The molecule has 7 nitrogen and oxygen atoms in total. The average Bonchev–Trinajstić information content (AvgIpc) is 3.37. The van der Waals surface area contributed by atoms with E-state index in [1.165, 1.54) is 22.4 Å². The van der Waals surface area contributed by atoms with E-state index in [2.05, 4.69) is 21.6 Å². The number of thioether (sulfide) groups is 2. The zero-order chi connectivity index (χ0) is 24.4. The number of carbonyl (C=O) groups excluding carboxylic acids is 1. The van der Waals surface area contributed by atoms with Crippen molar-refractivity contribution in [1.29, 1.82) is 5.26 Å². The Morgan fingerprint density at radius 1 is 1.20 bits per heavy atom. The van der Waals surface area contributed by atoms with Crippen LogP contribution in [0.1, 0.15) is 24.5 Å². The summed E-state index contributed by atoms with van der Waals surface area (Å²) in [7, 11) is 2.05. The minimum absolute atomic E-state index is 0.0406. The Kier molecular flexibility index (Phi) is 6.86. The predicted molar refractivity (Wildman–Crippen MR) is 144 cm³/mol. The van der Waals surface area contributed by atoms with Crippen molar-refractivity contribution in [3.8, 4) is 6.07 Å². The summed E-state index contributed by atoms with van der Waals surface area (Å²) in [5.41, 5.74) is 4.35. The number of hydrogen-bond donors (Lipinski definition) is 2. The van der Waals surface area contributed by atoms with Gasteiger partial charge in [0.25, 0.3) is 5.91 Å². The summed E-state index contributed by atoms with van der Waals surface area (Å²) in [6.07, 6.45) is 0.955. The van der Waals surface area contributed by atoms with Crippen molar-refractivity contribution >= 4 is 46.0 Å². The lowest BCUT2D eigenvalue weighted by molar-refractivity contribution is -0.122. The summed E-state index contributed by atoms with van der Waals surface area (Å²) >= 11 is 3.10. The number of benzene rings is 2. The summed E-state index contributed by atoms with van der Waals surface area (Å²) in [6.45, 7) is 4.96. The summed E-state index contributed by atoms with van der Waals surface area (Å²) in [6, 6.07) is 17.6. The van der Waals surface area contributed by atoms with Crippen LogP contribution in [0.4, 0.5) is 11.4 Å². The van der Waals surface area contributed by atoms with E-state index in [0.29, 0.717) is 27.9 Å². The minimum Gasteiger partial charge on any atom is -0.384 e. The molecule has 0 radical (unpaired) electrons. The first-order valence-corrected chi connectivity index (χ1v) is 13.2. The number of hydrogen-bond acceptors (Lipinski definition) is 8. The van der Waals surface area contributed by atoms with Crippen LogP contribution in [-0.2, 0) is 11.3 Å². The molecule has 1 fully saturated rings. The van der Waals surface area contributed by atoms with Crippen LogP contribution in [0.15, 0.2) is 74.1 Å². The van der Waals surface area contributed by atoms with E-state index < -0.39 is 0 Å². The molecule has 0 aliphatic carbocycles. The van der Waals surface area contributed by atoms with E-state index in [4.69, 9.17) is 4.99 Å². The Bertz CT molecular complexity index is 1290. The van der Waals surface area contributed by atoms with Gasteiger partial charge in [-0.15, -0.1) is 0 Å². The molecule has 0 spiro atoms. The molecule has 0 atom stereocenters. The highest BCUT2D eigenvalue weighted by Gasteiger charge is 2.40. The van der Waals surface area contributed by atoms with Gasteiger partial charge in [-0.25, -0.2) is 4.99 Å². The Balaban J connectivity index is 1.57. The van der Waals surface area contributed by atoms with Crippen LogP contribution in [0, 0.1) is 11.3 Å². The van der Waals surface area contributed by atoms with Crippen molar-refractivity contribution in [2.75, 3.05) is 32.0 Å². The normalized spacial score (nSPS) is 21.1. The fourth-order valence-corrected chi connectivity index (χ4v) is 6.71. The van der Waals surface area contributed by atoms with Gasteiger partial charge in [0.05, 0.1) is 34.6 Å². The van der Waals surface area contributed by atoms with Crippen LogP contribution >= 0.6 is 23.5 Å². The lowest BCUT2D eigenvalue weighted by Gasteiger charge is -2.21. The topological polar surface area (TPSA) is 83.8 Å². The molecule has 5 rings (SSSR count). The molecule has 3 aliphatic rings. The third-order valence-electron chi connectivity index (χ3n) is 6.03. The van der Waals surface area contributed by atoms with Crippen molar-refractivity contribution in [1.82, 2.24) is 15.1 Å². The molecular formula is C26H26N6OS2. The molecule has 3 aliphatic heterocycles. The van der Waals surface area contributed by atoms with E-state index in [-0.39, 0.29) is 5.91 Å². The summed E-state index contributed by atoms with van der Waals surface area (Å²) in [4.78, 5) is 24.6. The van der Waals surface area contributed by atoms with Gasteiger partial charge in [0.1, 0.15) is 4.91 Å². The van der Waals surface area contributed by atoms with Gasteiger partial charge in [-0.1, -0.05) is 42.1 Å². The number of aliphatic imine (C=N–C) groups is 1. The second-order valence-corrected chi connectivity index (χ2v) is 10.4. The van der Waals surface area contributed by atoms with Gasteiger partial charge >= 0.3 is 0 Å². The van der Waals surface area contributed by atoms with E-state index in [1.54, 1.807) is 28.8 Å². The molecule has 2 N–H and O–H groups in total. The average molecular weight is 503 g/mol. The third kappa shape index (κ3) is 4.69. The van der Waals surface area contributed by atoms with Gasteiger partial charge in [-0.05, 0) is 42.4 Å². The van der Waals surface area contributed by atoms with Gasteiger partial charge in [-0.3, -0.25) is 9.69 Å². The number of amides is 1. The molecule has 0 aromatic heterocycles. The van der Waals surface area contributed by atoms with E-state index >= 15 is 0 Å². The second kappa shape index (κ2) is 10.2. The van der Waals surface area contributed by atoms with Crippen LogP contribution < -0.4 is 10.6 Å². The molecule has 2 aromatic rings. The molecule has 3 heterocycles. The SMILES string of the molecule is CCNc1ccc(C#N)cc1N=C1S/C(=C2\SC3=C(CCNC3)N2C)C(=O)N1Cc1ccccc1. The highest BCUT2D eigenvalue weighted by Crippen LogP contribution is 2.48. The summed E-state index contributed by atoms with van der Waals surface area (Å²) < 4.78 is 0. The number of carbonyl (C=O) groups is 1. The van der Waals surface area contributed by atoms with Gasteiger partial charge in [0.2, 0.25) is 0 Å². The maximum Gasteiger partial charge on any atom is 0.269 e. The summed E-state index contributed by atoms with van der Waals surface area (Å²) in [5.74, 6) is -0.0406. The smallest absolute Gasteiger partial charge is 0.269 e. The van der Waals surface area contributed by atoms with E-state index in [9.17, 15) is 10.1 Å². The van der Waals surface area contributed by atoms with Crippen molar-refractivity contribution in [3.05, 3.63) is 80.2 Å². The minimum atomic E-state index is -0.0406. The number of nitriles is 1. The fourth-order valence-electron chi connectivity index (χ4n) is 4.27. The number of amidine groups is 1. The van der Waals surface area contributed by atoms with Crippen LogP contribution in [0.3, 0.4) is 0 Å². The van der Waals surface area contributed by atoms with Crippen molar-refractivity contribution in [2.24, 2.45) is 4.99 Å². The molecule has 0 bridgehead atoms. The quantitative estimate of drug-likeness (QED) is 0.568. The number of rotatable bonds is 5.